The van der Waals surface area contributed by atoms with Gasteiger partial charge in [0.05, 0.1) is 18.9 Å². The lowest BCUT2D eigenvalue weighted by Crippen LogP contribution is -2.36. The number of aromatic nitrogens is 1. The third-order valence-corrected chi connectivity index (χ3v) is 4.26. The summed E-state index contributed by atoms with van der Waals surface area (Å²) in [6.45, 7) is 7.70. The number of rotatable bonds is 4. The summed E-state index contributed by atoms with van der Waals surface area (Å²) in [7, 11) is 0. The van der Waals surface area contributed by atoms with E-state index < -0.39 is 0 Å². The summed E-state index contributed by atoms with van der Waals surface area (Å²) in [6, 6.07) is 0.0869. The van der Waals surface area contributed by atoms with Crippen LogP contribution in [0.15, 0.2) is 0 Å². The molecule has 17 heavy (non-hydrogen) atoms. The molecule has 0 aromatic carbocycles. The van der Waals surface area contributed by atoms with Crippen molar-refractivity contribution in [3.8, 4) is 0 Å². The van der Waals surface area contributed by atoms with Crippen LogP contribution < -0.4 is 10.6 Å². The molecule has 1 aromatic rings. The molecule has 2 heterocycles. The second-order valence-corrected chi connectivity index (χ2v) is 5.45. The molecule has 0 amide bonds. The van der Waals surface area contributed by atoms with Crippen molar-refractivity contribution in [1.29, 1.82) is 0 Å². The van der Waals surface area contributed by atoms with E-state index in [4.69, 9.17) is 15.5 Å². The Kier molecular flexibility index (Phi) is 4.36. The summed E-state index contributed by atoms with van der Waals surface area (Å²) in [6.07, 6.45) is 2.14. The molecule has 1 fully saturated rings. The monoisotopic (exact) mass is 255 g/mol. The molecule has 1 aliphatic rings. The van der Waals surface area contributed by atoms with E-state index in [0.29, 0.717) is 0 Å². The lowest BCUT2D eigenvalue weighted by molar-refractivity contribution is 0.122. The van der Waals surface area contributed by atoms with Crippen LogP contribution in [-0.2, 0) is 11.2 Å². The van der Waals surface area contributed by atoms with Gasteiger partial charge in [0.25, 0.3) is 0 Å². The van der Waals surface area contributed by atoms with Crippen LogP contribution in [0.2, 0.25) is 0 Å². The van der Waals surface area contributed by atoms with Gasteiger partial charge in [0.2, 0.25) is 0 Å². The summed E-state index contributed by atoms with van der Waals surface area (Å²) in [4.78, 5) is 8.30. The van der Waals surface area contributed by atoms with E-state index in [1.165, 1.54) is 10.6 Å². The number of anilines is 1. The van der Waals surface area contributed by atoms with E-state index in [0.717, 1.165) is 44.3 Å². The first-order valence-electron chi connectivity index (χ1n) is 6.30. The molecule has 0 aliphatic carbocycles. The molecule has 2 rings (SSSR count). The second kappa shape index (κ2) is 5.80. The Labute approximate surface area is 107 Å². The van der Waals surface area contributed by atoms with Gasteiger partial charge in [0, 0.05) is 24.0 Å². The van der Waals surface area contributed by atoms with Crippen LogP contribution in [0.4, 0.5) is 5.13 Å². The maximum Gasteiger partial charge on any atom is 0.185 e. The number of ether oxygens (including phenoxy) is 1. The lowest BCUT2D eigenvalue weighted by atomic mass is 10.2. The summed E-state index contributed by atoms with van der Waals surface area (Å²) >= 11 is 1.75. The van der Waals surface area contributed by atoms with Crippen LogP contribution in [0.1, 0.15) is 36.9 Å². The van der Waals surface area contributed by atoms with Crippen molar-refractivity contribution in [3.05, 3.63) is 10.6 Å². The fraction of sp³-hybridized carbons (Fsp3) is 0.750. The van der Waals surface area contributed by atoms with Gasteiger partial charge in [0.15, 0.2) is 5.13 Å². The second-order valence-electron chi connectivity index (χ2n) is 4.45. The summed E-state index contributed by atoms with van der Waals surface area (Å²) in [5.41, 5.74) is 7.20. The van der Waals surface area contributed by atoms with Gasteiger partial charge in [-0.05, 0) is 13.3 Å². The summed E-state index contributed by atoms with van der Waals surface area (Å²) in [5, 5.41) is 1.11. The van der Waals surface area contributed by atoms with Gasteiger partial charge >= 0.3 is 0 Å². The number of aryl methyl sites for hydroxylation is 1. The Bertz CT molecular complexity index is 359. The number of hydrogen-bond acceptors (Lipinski definition) is 5. The minimum atomic E-state index is 0.0869. The number of thiazole rings is 1. The largest absolute Gasteiger partial charge is 0.378 e. The first-order valence-corrected chi connectivity index (χ1v) is 7.12. The van der Waals surface area contributed by atoms with Gasteiger partial charge in [-0.2, -0.15) is 0 Å². The number of morpholine rings is 1. The predicted octanol–water partition coefficient (Wildman–Crippen LogP) is 1.95. The van der Waals surface area contributed by atoms with Crippen molar-refractivity contribution < 1.29 is 4.74 Å². The molecule has 1 unspecified atom stereocenters. The fourth-order valence-corrected chi connectivity index (χ4v) is 3.13. The van der Waals surface area contributed by atoms with E-state index in [2.05, 4.69) is 11.8 Å². The zero-order valence-electron chi connectivity index (χ0n) is 10.6. The SMILES string of the molecule is CCCc1nc(N2CCOCC2)sc1C(C)N. The molecule has 1 aromatic heterocycles. The highest BCUT2D eigenvalue weighted by Crippen LogP contribution is 2.31. The third kappa shape index (κ3) is 2.97. The Morgan fingerprint density at radius 1 is 1.47 bits per heavy atom. The summed E-state index contributed by atoms with van der Waals surface area (Å²) < 4.78 is 5.36. The van der Waals surface area contributed by atoms with Crippen molar-refractivity contribution in [2.75, 3.05) is 31.2 Å². The molecule has 5 heteroatoms. The van der Waals surface area contributed by atoms with Crippen LogP contribution >= 0.6 is 11.3 Å². The van der Waals surface area contributed by atoms with E-state index >= 15 is 0 Å². The fourth-order valence-electron chi connectivity index (χ4n) is 2.01. The molecular formula is C12H21N3OS. The highest BCUT2D eigenvalue weighted by Gasteiger charge is 2.19. The van der Waals surface area contributed by atoms with Crippen LogP contribution in [0.3, 0.4) is 0 Å². The maximum atomic E-state index is 6.01. The standard InChI is InChI=1S/C12H21N3OS/c1-3-4-10-11(9(2)13)17-12(14-10)15-5-7-16-8-6-15/h9H,3-8,13H2,1-2H3. The molecule has 0 radical (unpaired) electrons. The first kappa shape index (κ1) is 12.8. The number of hydrogen-bond donors (Lipinski definition) is 1. The minimum Gasteiger partial charge on any atom is -0.378 e. The zero-order chi connectivity index (χ0) is 12.3. The van der Waals surface area contributed by atoms with Gasteiger partial charge in [-0.1, -0.05) is 13.3 Å². The molecule has 0 spiro atoms. The molecule has 1 saturated heterocycles. The summed E-state index contributed by atoms with van der Waals surface area (Å²) in [5.74, 6) is 0. The van der Waals surface area contributed by atoms with Crippen molar-refractivity contribution >= 4 is 16.5 Å². The smallest absolute Gasteiger partial charge is 0.185 e. The topological polar surface area (TPSA) is 51.4 Å². The quantitative estimate of drug-likeness (QED) is 0.893. The Morgan fingerprint density at radius 2 is 2.18 bits per heavy atom. The molecule has 0 bridgehead atoms. The molecule has 1 aliphatic heterocycles. The van der Waals surface area contributed by atoms with Gasteiger partial charge in [-0.3, -0.25) is 0 Å². The van der Waals surface area contributed by atoms with Crippen molar-refractivity contribution in [2.45, 2.75) is 32.7 Å². The van der Waals surface area contributed by atoms with Crippen molar-refractivity contribution in [1.82, 2.24) is 4.98 Å². The van der Waals surface area contributed by atoms with Gasteiger partial charge in [-0.25, -0.2) is 4.98 Å². The van der Waals surface area contributed by atoms with Crippen molar-refractivity contribution in [2.24, 2.45) is 5.73 Å². The predicted molar refractivity (Wildman–Crippen MR) is 71.7 cm³/mol. The Hall–Kier alpha value is -0.650. The Balaban J connectivity index is 2.19. The number of nitrogens with zero attached hydrogens (tertiary/aromatic N) is 2. The molecule has 2 N–H and O–H groups in total. The highest BCUT2D eigenvalue weighted by molar-refractivity contribution is 7.15. The van der Waals surface area contributed by atoms with E-state index in [9.17, 15) is 0 Å². The normalized spacial score (nSPS) is 18.4. The molecule has 0 saturated carbocycles. The van der Waals surface area contributed by atoms with Gasteiger partial charge in [0.1, 0.15) is 0 Å². The van der Waals surface area contributed by atoms with Gasteiger partial charge < -0.3 is 15.4 Å². The number of nitrogens with two attached hydrogens (primary N) is 1. The average molecular weight is 255 g/mol. The third-order valence-electron chi connectivity index (χ3n) is 2.90. The molecule has 1 atom stereocenters. The van der Waals surface area contributed by atoms with E-state index in [1.54, 1.807) is 11.3 Å². The molecule has 96 valence electrons. The average Bonchev–Trinajstić information content (AvgIpc) is 2.75. The van der Waals surface area contributed by atoms with Crippen molar-refractivity contribution in [3.63, 3.8) is 0 Å². The molecule has 4 nitrogen and oxygen atoms in total. The van der Waals surface area contributed by atoms with Crippen LogP contribution in [0.25, 0.3) is 0 Å². The van der Waals surface area contributed by atoms with E-state index in [1.807, 2.05) is 6.92 Å². The Morgan fingerprint density at radius 3 is 2.76 bits per heavy atom. The minimum absolute atomic E-state index is 0.0869. The zero-order valence-corrected chi connectivity index (χ0v) is 11.4. The van der Waals surface area contributed by atoms with Crippen LogP contribution in [0.5, 0.6) is 0 Å². The maximum absolute atomic E-state index is 6.01. The van der Waals surface area contributed by atoms with Crippen LogP contribution in [0, 0.1) is 0 Å². The van der Waals surface area contributed by atoms with E-state index in [-0.39, 0.29) is 6.04 Å². The lowest BCUT2D eigenvalue weighted by Gasteiger charge is -2.26. The van der Waals surface area contributed by atoms with Crippen LogP contribution in [-0.4, -0.2) is 31.3 Å². The first-order chi connectivity index (χ1) is 8.22. The van der Waals surface area contributed by atoms with Gasteiger partial charge in [-0.15, -0.1) is 11.3 Å². The molecular weight excluding hydrogens is 234 g/mol. The highest BCUT2D eigenvalue weighted by atomic mass is 32.1.